The molecule has 0 saturated carbocycles. The van der Waals surface area contributed by atoms with Gasteiger partial charge in [-0.3, -0.25) is 19.2 Å². The summed E-state index contributed by atoms with van der Waals surface area (Å²) in [7, 11) is 1.62. The zero-order valence-electron chi connectivity index (χ0n) is 26.9. The summed E-state index contributed by atoms with van der Waals surface area (Å²) >= 11 is 0. The number of carbonyl (C=O) groups excluding carboxylic acids is 4. The van der Waals surface area contributed by atoms with E-state index in [1.807, 2.05) is 0 Å². The molecule has 4 atom stereocenters. The van der Waals surface area contributed by atoms with Gasteiger partial charge in [0.15, 0.2) is 0 Å². The molecule has 0 bridgehead atoms. The van der Waals surface area contributed by atoms with E-state index in [1.165, 1.54) is 41.3 Å². The number of nitrogens with zero attached hydrogens (tertiary/aromatic N) is 2. The first-order valence-corrected chi connectivity index (χ1v) is 16.2. The smallest absolute Gasteiger partial charge is 0.247 e. The number of halogens is 3. The normalized spacial score (nSPS) is 20.1. The highest BCUT2D eigenvalue weighted by Gasteiger charge is 2.46. The molecule has 3 aromatic carbocycles. The molecular weight excluding hydrogens is 623 g/mol. The van der Waals surface area contributed by atoms with E-state index in [0.29, 0.717) is 43.4 Å². The quantitative estimate of drug-likeness (QED) is 0.307. The first-order valence-electron chi connectivity index (χ1n) is 16.2. The number of rotatable bonds is 10. The second-order valence-corrected chi connectivity index (χ2v) is 12.4. The van der Waals surface area contributed by atoms with Crippen LogP contribution in [-0.4, -0.2) is 77.7 Å². The van der Waals surface area contributed by atoms with Crippen molar-refractivity contribution >= 4 is 23.6 Å². The lowest BCUT2D eigenvalue weighted by Gasteiger charge is -2.39. The fraction of sp³-hybridized carbons (Fsp3) is 0.389. The van der Waals surface area contributed by atoms with Crippen molar-refractivity contribution in [2.75, 3.05) is 20.1 Å². The number of amides is 4. The first kappa shape index (κ1) is 34.6. The molecule has 2 heterocycles. The monoisotopic (exact) mass is 663 g/mol. The van der Waals surface area contributed by atoms with Crippen LogP contribution in [-0.2, 0) is 25.6 Å². The Morgan fingerprint density at radius 2 is 1.40 bits per heavy atom. The molecule has 2 aliphatic heterocycles. The van der Waals surface area contributed by atoms with Gasteiger partial charge in [0.25, 0.3) is 0 Å². The Hall–Kier alpha value is -4.71. The van der Waals surface area contributed by atoms with Gasteiger partial charge < -0.3 is 25.8 Å². The summed E-state index contributed by atoms with van der Waals surface area (Å²) in [5, 5.41) is 8.65. The third kappa shape index (κ3) is 8.22. The SMILES string of the molecule is CN[C@@H](C)C(=O)N[C@H]1CN(C(=O)CCc2ccc(F)cc2)CC[C@H]2CCC(C(=O)NC(c3ccc(F)cc3)c3ccc(F)cc3)N2C1=O. The fourth-order valence-electron chi connectivity index (χ4n) is 6.36. The van der Waals surface area contributed by atoms with Crippen molar-refractivity contribution in [1.82, 2.24) is 25.8 Å². The van der Waals surface area contributed by atoms with Crippen LogP contribution < -0.4 is 16.0 Å². The van der Waals surface area contributed by atoms with Crippen molar-refractivity contribution < 1.29 is 32.3 Å². The van der Waals surface area contributed by atoms with Crippen molar-refractivity contribution in [3.05, 3.63) is 107 Å². The Kier molecular flexibility index (Phi) is 11.2. The number of hydrogen-bond donors (Lipinski definition) is 3. The third-order valence-electron chi connectivity index (χ3n) is 9.22. The molecule has 1 unspecified atom stereocenters. The maximum atomic E-state index is 14.3. The van der Waals surface area contributed by atoms with Crippen LogP contribution in [0.15, 0.2) is 72.8 Å². The predicted octanol–water partition coefficient (Wildman–Crippen LogP) is 3.63. The van der Waals surface area contributed by atoms with Gasteiger partial charge >= 0.3 is 0 Å². The highest BCUT2D eigenvalue weighted by molar-refractivity contribution is 5.94. The molecule has 5 rings (SSSR count). The minimum Gasteiger partial charge on any atom is -0.343 e. The standard InChI is InChI=1S/C36H40F3N5O4/c1-22(40-2)34(46)41-30-21-43(32(45)18-5-23-3-10-26(37)11-4-23)20-19-29-16-17-31(44(29)36(30)48)35(47)42-33(24-6-12-27(38)13-7-24)25-8-14-28(39)15-9-25/h3-4,6-15,22,29-31,33,40H,5,16-21H2,1-2H3,(H,41,46)(H,42,47)/t22-,29+,30-,31?/m0/s1. The van der Waals surface area contributed by atoms with E-state index in [1.54, 1.807) is 55.3 Å². The van der Waals surface area contributed by atoms with Crippen LogP contribution in [0.1, 0.15) is 55.3 Å². The third-order valence-corrected chi connectivity index (χ3v) is 9.22. The van der Waals surface area contributed by atoms with Crippen molar-refractivity contribution in [2.45, 2.75) is 69.2 Å². The van der Waals surface area contributed by atoms with Crippen LogP contribution in [0, 0.1) is 17.5 Å². The van der Waals surface area contributed by atoms with E-state index in [4.69, 9.17) is 0 Å². The molecule has 9 nitrogen and oxygen atoms in total. The zero-order chi connectivity index (χ0) is 34.4. The Morgan fingerprint density at radius 3 is 1.96 bits per heavy atom. The highest BCUT2D eigenvalue weighted by Crippen LogP contribution is 2.31. The van der Waals surface area contributed by atoms with Crippen LogP contribution in [0.2, 0.25) is 0 Å². The van der Waals surface area contributed by atoms with Crippen molar-refractivity contribution in [3.63, 3.8) is 0 Å². The maximum Gasteiger partial charge on any atom is 0.247 e. The van der Waals surface area contributed by atoms with E-state index in [9.17, 15) is 32.3 Å². The summed E-state index contributed by atoms with van der Waals surface area (Å²) in [6.07, 6.45) is 1.82. The zero-order valence-corrected chi connectivity index (χ0v) is 26.9. The van der Waals surface area contributed by atoms with Gasteiger partial charge in [0.2, 0.25) is 23.6 Å². The molecule has 0 aliphatic carbocycles. The Balaban J connectivity index is 1.37. The van der Waals surface area contributed by atoms with Crippen LogP contribution in [0.4, 0.5) is 13.2 Å². The minimum atomic E-state index is -1.11. The van der Waals surface area contributed by atoms with Crippen LogP contribution in [0.3, 0.4) is 0 Å². The number of nitrogens with one attached hydrogen (secondary N) is 3. The Bertz CT molecular complexity index is 1560. The van der Waals surface area contributed by atoms with Gasteiger partial charge in [-0.1, -0.05) is 36.4 Å². The largest absolute Gasteiger partial charge is 0.343 e. The van der Waals surface area contributed by atoms with Gasteiger partial charge in [-0.05, 0) is 92.7 Å². The molecule has 4 amide bonds. The maximum absolute atomic E-state index is 14.3. The van der Waals surface area contributed by atoms with Crippen LogP contribution >= 0.6 is 0 Å². The van der Waals surface area contributed by atoms with E-state index < -0.39 is 53.5 Å². The van der Waals surface area contributed by atoms with Gasteiger partial charge in [0.05, 0.1) is 12.1 Å². The summed E-state index contributed by atoms with van der Waals surface area (Å²) in [6, 6.07) is 13.5. The lowest BCUT2D eigenvalue weighted by atomic mass is 9.98. The molecule has 2 saturated heterocycles. The summed E-state index contributed by atoms with van der Waals surface area (Å²) < 4.78 is 40.9. The number of hydrogen-bond acceptors (Lipinski definition) is 5. The predicted molar refractivity (Wildman–Crippen MR) is 173 cm³/mol. The Morgan fingerprint density at radius 1 is 0.833 bits per heavy atom. The molecule has 48 heavy (non-hydrogen) atoms. The van der Waals surface area contributed by atoms with E-state index in [0.717, 1.165) is 5.56 Å². The van der Waals surface area contributed by atoms with Crippen molar-refractivity contribution in [3.8, 4) is 0 Å². The molecule has 0 aromatic heterocycles. The number of likely N-dealkylation sites (N-methyl/N-ethyl adjacent to an activating group) is 1. The molecular formula is C36H40F3N5O4. The summed E-state index contributed by atoms with van der Waals surface area (Å²) in [6.45, 7) is 1.88. The number of benzene rings is 3. The number of carbonyl (C=O) groups is 4. The van der Waals surface area contributed by atoms with Gasteiger partial charge in [-0.2, -0.15) is 0 Å². The van der Waals surface area contributed by atoms with Crippen molar-refractivity contribution in [2.24, 2.45) is 0 Å². The second-order valence-electron chi connectivity index (χ2n) is 12.4. The molecule has 0 radical (unpaired) electrons. The number of fused-ring (bicyclic) bond motifs is 1. The minimum absolute atomic E-state index is 0.0748. The van der Waals surface area contributed by atoms with Gasteiger partial charge in [-0.25, -0.2) is 13.2 Å². The molecule has 3 aromatic rings. The Labute approximate surface area is 277 Å². The average Bonchev–Trinajstić information content (AvgIpc) is 3.51. The molecule has 2 aliphatic rings. The average molecular weight is 664 g/mol. The molecule has 254 valence electrons. The molecule has 12 heteroatoms. The van der Waals surface area contributed by atoms with E-state index in [-0.39, 0.29) is 30.7 Å². The van der Waals surface area contributed by atoms with Gasteiger partial charge in [0, 0.05) is 25.6 Å². The number of aryl methyl sites for hydroxylation is 1. The van der Waals surface area contributed by atoms with E-state index in [2.05, 4.69) is 16.0 Å². The highest BCUT2D eigenvalue weighted by atomic mass is 19.1. The lowest BCUT2D eigenvalue weighted by molar-refractivity contribution is -0.147. The molecule has 0 spiro atoms. The molecule has 2 fully saturated rings. The fourth-order valence-corrected chi connectivity index (χ4v) is 6.36. The second kappa shape index (κ2) is 15.5. The molecule has 3 N–H and O–H groups in total. The van der Waals surface area contributed by atoms with Crippen LogP contribution in [0.25, 0.3) is 0 Å². The van der Waals surface area contributed by atoms with Crippen LogP contribution in [0.5, 0.6) is 0 Å². The topological polar surface area (TPSA) is 111 Å². The first-order chi connectivity index (χ1) is 23.0. The van der Waals surface area contributed by atoms with Gasteiger partial charge in [-0.15, -0.1) is 0 Å². The summed E-state index contributed by atoms with van der Waals surface area (Å²) in [5.74, 6) is -2.80. The summed E-state index contributed by atoms with van der Waals surface area (Å²) in [4.78, 5) is 57.8. The summed E-state index contributed by atoms with van der Waals surface area (Å²) in [5.41, 5.74) is 1.95. The lowest BCUT2D eigenvalue weighted by Crippen LogP contribution is -2.62. The van der Waals surface area contributed by atoms with Crippen molar-refractivity contribution in [1.29, 1.82) is 0 Å². The van der Waals surface area contributed by atoms with E-state index >= 15 is 0 Å². The van der Waals surface area contributed by atoms with Gasteiger partial charge in [0.1, 0.15) is 29.5 Å².